The van der Waals surface area contributed by atoms with Gasteiger partial charge in [-0.2, -0.15) is 0 Å². The molecule has 1 aliphatic heterocycles. The molecule has 0 unspecified atom stereocenters. The summed E-state index contributed by atoms with van der Waals surface area (Å²) in [5.74, 6) is 0.758. The van der Waals surface area contributed by atoms with Crippen molar-refractivity contribution in [2.24, 2.45) is 22.5 Å². The Labute approximate surface area is 190 Å². The van der Waals surface area contributed by atoms with Crippen molar-refractivity contribution < 1.29 is 9.90 Å². The van der Waals surface area contributed by atoms with Crippen molar-refractivity contribution in [3.8, 4) is 0 Å². The van der Waals surface area contributed by atoms with Crippen molar-refractivity contribution in [3.63, 3.8) is 0 Å². The predicted molar refractivity (Wildman–Crippen MR) is 128 cm³/mol. The number of nitrogens with zero attached hydrogens (tertiary/aromatic N) is 1. The lowest BCUT2D eigenvalue weighted by molar-refractivity contribution is -0.144. The third-order valence-corrected chi connectivity index (χ3v) is 8.85. The summed E-state index contributed by atoms with van der Waals surface area (Å²) in [6, 6.07) is -0.395. The van der Waals surface area contributed by atoms with Crippen LogP contribution in [-0.4, -0.2) is 52.7 Å². The number of hydrogen-bond acceptors (Lipinski definition) is 4. The molecule has 0 aromatic carbocycles. The molecule has 3 aliphatic rings. The van der Waals surface area contributed by atoms with Crippen LogP contribution in [0.15, 0.2) is 0 Å². The van der Waals surface area contributed by atoms with E-state index in [9.17, 15) is 9.90 Å². The van der Waals surface area contributed by atoms with Gasteiger partial charge in [-0.05, 0) is 63.2 Å². The lowest BCUT2D eigenvalue weighted by atomic mass is 9.53. The number of carbonyl (C=O) groups excluding carboxylic acids is 1. The average molecular weight is 436 g/mol. The van der Waals surface area contributed by atoms with Gasteiger partial charge in [0.15, 0.2) is 0 Å². The molecule has 1 heterocycles. The summed E-state index contributed by atoms with van der Waals surface area (Å²) >= 11 is 0. The van der Waals surface area contributed by atoms with Gasteiger partial charge in [-0.3, -0.25) is 9.69 Å². The van der Waals surface area contributed by atoms with Gasteiger partial charge in [-0.15, -0.1) is 0 Å². The van der Waals surface area contributed by atoms with E-state index in [1.54, 1.807) is 0 Å². The molecule has 5 atom stereocenters. The number of carbonyl (C=O) groups is 1. The highest BCUT2D eigenvalue weighted by molar-refractivity contribution is 5.82. The van der Waals surface area contributed by atoms with Crippen LogP contribution in [0, 0.1) is 16.7 Å². The first-order valence-electron chi connectivity index (χ1n) is 12.9. The Morgan fingerprint density at radius 1 is 1.10 bits per heavy atom. The maximum atomic E-state index is 13.3. The molecule has 1 amide bonds. The van der Waals surface area contributed by atoms with Crippen molar-refractivity contribution >= 4 is 5.91 Å². The van der Waals surface area contributed by atoms with E-state index >= 15 is 0 Å². The number of aliphatic hydroxyl groups is 1. The summed E-state index contributed by atoms with van der Waals surface area (Å²) < 4.78 is 0. The minimum Gasteiger partial charge on any atom is -0.390 e. The van der Waals surface area contributed by atoms with Crippen LogP contribution in [0.2, 0.25) is 0 Å². The van der Waals surface area contributed by atoms with Crippen molar-refractivity contribution in [2.45, 2.75) is 129 Å². The predicted octanol–water partition coefficient (Wildman–Crippen LogP) is 4.22. The molecule has 0 aromatic rings. The number of β-amino-alcohol motifs (C(OH)–C–C–N with tert-alkyl or cyclic N) is 1. The van der Waals surface area contributed by atoms with Gasteiger partial charge in [0.2, 0.25) is 5.91 Å². The lowest BCUT2D eigenvalue weighted by Gasteiger charge is -2.59. The zero-order valence-electron chi connectivity index (χ0n) is 20.9. The Bertz CT molecular complexity index is 612. The Morgan fingerprint density at radius 3 is 2.32 bits per heavy atom. The number of fused-ring (bicyclic) bond motifs is 1. The molecule has 5 nitrogen and oxygen atoms in total. The van der Waals surface area contributed by atoms with Crippen molar-refractivity contribution in [1.82, 2.24) is 10.2 Å². The minimum absolute atomic E-state index is 0.106. The second-order valence-corrected chi connectivity index (χ2v) is 12.7. The fourth-order valence-corrected chi connectivity index (χ4v) is 6.61. The van der Waals surface area contributed by atoms with Crippen LogP contribution in [0.4, 0.5) is 0 Å². The average Bonchev–Trinajstić information content (AvgIpc) is 2.67. The van der Waals surface area contributed by atoms with E-state index in [0.717, 1.165) is 19.4 Å². The van der Waals surface area contributed by atoms with Gasteiger partial charge >= 0.3 is 0 Å². The van der Waals surface area contributed by atoms with Crippen molar-refractivity contribution in [2.75, 3.05) is 13.1 Å². The summed E-state index contributed by atoms with van der Waals surface area (Å²) in [5, 5.41) is 14.3. The molecule has 0 radical (unpaired) electrons. The lowest BCUT2D eigenvalue weighted by Crippen LogP contribution is -2.64. The summed E-state index contributed by atoms with van der Waals surface area (Å²) in [7, 11) is 0. The molecule has 0 bridgehead atoms. The van der Waals surface area contributed by atoms with E-state index in [4.69, 9.17) is 5.73 Å². The molecule has 5 heteroatoms. The van der Waals surface area contributed by atoms with E-state index in [1.165, 1.54) is 57.8 Å². The van der Waals surface area contributed by atoms with E-state index in [-0.39, 0.29) is 34.4 Å². The highest BCUT2D eigenvalue weighted by Crippen LogP contribution is 2.56. The highest BCUT2D eigenvalue weighted by Gasteiger charge is 2.54. The molecule has 0 aromatic heterocycles. The summed E-state index contributed by atoms with van der Waals surface area (Å²) in [6.07, 6.45) is 12.5. The zero-order valence-corrected chi connectivity index (χ0v) is 20.9. The molecule has 180 valence electrons. The van der Waals surface area contributed by atoms with Crippen LogP contribution in [0.5, 0.6) is 0 Å². The summed E-state index contributed by atoms with van der Waals surface area (Å²) in [5.41, 5.74) is 6.61. The molecule has 3 rings (SSSR count). The maximum Gasteiger partial charge on any atom is 0.237 e. The van der Waals surface area contributed by atoms with Gasteiger partial charge < -0.3 is 16.2 Å². The van der Waals surface area contributed by atoms with Gasteiger partial charge in [0.05, 0.1) is 12.1 Å². The van der Waals surface area contributed by atoms with Crippen molar-refractivity contribution in [3.05, 3.63) is 0 Å². The quantitative estimate of drug-likeness (QED) is 0.584. The van der Waals surface area contributed by atoms with E-state index in [1.807, 2.05) is 20.8 Å². The molecule has 0 spiro atoms. The second kappa shape index (κ2) is 9.69. The molecule has 1 saturated heterocycles. The van der Waals surface area contributed by atoms with Gasteiger partial charge in [0.25, 0.3) is 0 Å². The van der Waals surface area contributed by atoms with Gasteiger partial charge in [-0.25, -0.2) is 0 Å². The highest BCUT2D eigenvalue weighted by atomic mass is 16.3. The van der Waals surface area contributed by atoms with Gasteiger partial charge in [0, 0.05) is 24.7 Å². The second-order valence-electron chi connectivity index (χ2n) is 12.7. The van der Waals surface area contributed by atoms with Crippen LogP contribution in [0.1, 0.15) is 105 Å². The third kappa shape index (κ3) is 6.03. The first kappa shape index (κ1) is 25.0. The largest absolute Gasteiger partial charge is 0.390 e. The van der Waals surface area contributed by atoms with E-state index < -0.39 is 6.10 Å². The van der Waals surface area contributed by atoms with Crippen molar-refractivity contribution in [1.29, 1.82) is 0 Å². The first-order chi connectivity index (χ1) is 14.4. The summed E-state index contributed by atoms with van der Waals surface area (Å²) in [4.78, 5) is 15.6. The molecule has 3 fully saturated rings. The minimum atomic E-state index is -0.580. The standard InChI is InChI=1S/C26H49N3O2/c1-24(2,3)28-23(31)21-16-25(4)13-9-10-14-26(25,5)18-29(21)17-22(30)20(27)15-19-11-7-6-8-12-19/h19-22,30H,6-18,27H2,1-5H3,(H,28,31)/t20-,21-,22+,25-,26+/m0/s1. The first-order valence-corrected chi connectivity index (χ1v) is 12.9. The number of hydrogen-bond donors (Lipinski definition) is 3. The Balaban J connectivity index is 1.72. The molecular weight excluding hydrogens is 386 g/mol. The smallest absolute Gasteiger partial charge is 0.237 e. The molecule has 4 N–H and O–H groups in total. The zero-order chi connectivity index (χ0) is 22.9. The number of nitrogens with one attached hydrogen (secondary N) is 1. The normalized spacial score (nSPS) is 35.3. The molecule has 2 aliphatic carbocycles. The monoisotopic (exact) mass is 435 g/mol. The fourth-order valence-electron chi connectivity index (χ4n) is 6.61. The number of likely N-dealkylation sites (tertiary alicyclic amines) is 1. The Morgan fingerprint density at radius 2 is 1.71 bits per heavy atom. The molecule has 31 heavy (non-hydrogen) atoms. The molecular formula is C26H49N3O2. The van der Waals surface area contributed by atoms with Crippen LogP contribution in [-0.2, 0) is 4.79 Å². The number of amides is 1. The maximum absolute atomic E-state index is 13.3. The number of rotatable bonds is 6. The number of piperidine rings is 1. The number of aliphatic hydroxyl groups excluding tert-OH is 1. The topological polar surface area (TPSA) is 78.6 Å². The van der Waals surface area contributed by atoms with Crippen LogP contribution in [0.3, 0.4) is 0 Å². The van der Waals surface area contributed by atoms with E-state index in [0.29, 0.717) is 12.5 Å². The Hall–Kier alpha value is -0.650. The van der Waals surface area contributed by atoms with Crippen LogP contribution in [0.25, 0.3) is 0 Å². The molecule has 2 saturated carbocycles. The van der Waals surface area contributed by atoms with Gasteiger partial charge in [-0.1, -0.05) is 58.8 Å². The van der Waals surface area contributed by atoms with Crippen LogP contribution < -0.4 is 11.1 Å². The number of nitrogens with two attached hydrogens (primary N) is 1. The summed E-state index contributed by atoms with van der Waals surface area (Å²) in [6.45, 7) is 12.3. The van der Waals surface area contributed by atoms with Gasteiger partial charge in [0.1, 0.15) is 0 Å². The van der Waals surface area contributed by atoms with Crippen LogP contribution >= 0.6 is 0 Å². The Kier molecular flexibility index (Phi) is 7.81. The SMILES string of the molecule is CC(C)(C)NC(=O)[C@@H]1C[C@]2(C)CCCC[C@]2(C)CN1C[C@@H](O)[C@@H](N)CC1CCCCC1. The van der Waals surface area contributed by atoms with E-state index in [2.05, 4.69) is 24.1 Å². The fraction of sp³-hybridized carbons (Fsp3) is 0.962. The third-order valence-electron chi connectivity index (χ3n) is 8.85.